The van der Waals surface area contributed by atoms with Gasteiger partial charge in [-0.1, -0.05) is 18.2 Å². The van der Waals surface area contributed by atoms with Crippen molar-refractivity contribution in [3.8, 4) is 0 Å². The van der Waals surface area contributed by atoms with E-state index in [-0.39, 0.29) is 11.4 Å². The fraction of sp³-hybridized carbons (Fsp3) is 0.167. The quantitative estimate of drug-likeness (QED) is 0.792. The lowest BCUT2D eigenvalue weighted by molar-refractivity contribution is -0.138. The number of rotatable bonds is 2. The number of benzene rings is 1. The number of fused-ring (bicyclic) bond motifs is 1. The predicted octanol–water partition coefficient (Wildman–Crippen LogP) is 1.75. The summed E-state index contributed by atoms with van der Waals surface area (Å²) in [4.78, 5) is 22.6. The van der Waals surface area contributed by atoms with E-state index in [1.807, 2.05) is 6.07 Å². The Kier molecular flexibility index (Phi) is 2.48. The fourth-order valence-corrected chi connectivity index (χ4v) is 1.86. The van der Waals surface area contributed by atoms with Gasteiger partial charge in [0.2, 0.25) is 0 Å². The largest absolute Gasteiger partial charge is 0.481 e. The molecular formula is C12H11NO3. The minimum absolute atomic E-state index is 0.227. The Labute approximate surface area is 92.6 Å². The number of ketones is 1. The maximum Gasteiger partial charge on any atom is 0.315 e. The van der Waals surface area contributed by atoms with Crippen LogP contribution in [0.5, 0.6) is 0 Å². The zero-order valence-electron chi connectivity index (χ0n) is 8.73. The van der Waals surface area contributed by atoms with Crippen molar-refractivity contribution in [3.05, 3.63) is 41.6 Å². The smallest absolute Gasteiger partial charge is 0.315 e. The van der Waals surface area contributed by atoms with Crippen LogP contribution in [-0.4, -0.2) is 16.9 Å². The van der Waals surface area contributed by atoms with Gasteiger partial charge in [-0.2, -0.15) is 0 Å². The Morgan fingerprint density at radius 3 is 2.62 bits per heavy atom. The average molecular weight is 217 g/mol. The summed E-state index contributed by atoms with van der Waals surface area (Å²) in [5, 5.41) is 12.1. The second-order valence-corrected chi connectivity index (χ2v) is 3.66. The van der Waals surface area contributed by atoms with E-state index in [9.17, 15) is 14.7 Å². The van der Waals surface area contributed by atoms with Crippen LogP contribution < -0.4 is 5.32 Å². The first-order valence-corrected chi connectivity index (χ1v) is 4.90. The van der Waals surface area contributed by atoms with Gasteiger partial charge in [-0.25, -0.2) is 0 Å². The van der Waals surface area contributed by atoms with Crippen LogP contribution in [0.2, 0.25) is 0 Å². The SMILES string of the molecule is CC(=O)C1=CNc2ccccc2C1C(=O)O. The Balaban J connectivity index is 2.54. The van der Waals surface area contributed by atoms with Gasteiger partial charge in [-0.3, -0.25) is 9.59 Å². The van der Waals surface area contributed by atoms with Crippen molar-refractivity contribution in [2.24, 2.45) is 0 Å². The van der Waals surface area contributed by atoms with E-state index >= 15 is 0 Å². The van der Waals surface area contributed by atoms with Crippen molar-refractivity contribution in [1.29, 1.82) is 0 Å². The molecule has 0 radical (unpaired) electrons. The van der Waals surface area contributed by atoms with Gasteiger partial charge in [0.1, 0.15) is 5.92 Å². The molecule has 2 rings (SSSR count). The van der Waals surface area contributed by atoms with Crippen LogP contribution in [0.4, 0.5) is 5.69 Å². The van der Waals surface area contributed by atoms with E-state index in [1.54, 1.807) is 18.2 Å². The molecule has 82 valence electrons. The highest BCUT2D eigenvalue weighted by molar-refractivity contribution is 6.03. The first-order chi connectivity index (χ1) is 7.61. The zero-order chi connectivity index (χ0) is 11.7. The third kappa shape index (κ3) is 1.58. The normalized spacial score (nSPS) is 18.1. The van der Waals surface area contributed by atoms with Gasteiger partial charge < -0.3 is 10.4 Å². The summed E-state index contributed by atoms with van der Waals surface area (Å²) in [6.07, 6.45) is 1.48. The Bertz CT molecular complexity index is 491. The minimum Gasteiger partial charge on any atom is -0.481 e. The van der Waals surface area contributed by atoms with E-state index in [0.29, 0.717) is 5.56 Å². The molecule has 1 aliphatic rings. The molecule has 4 nitrogen and oxygen atoms in total. The molecule has 0 saturated carbocycles. The number of para-hydroxylation sites is 1. The zero-order valence-corrected chi connectivity index (χ0v) is 8.73. The highest BCUT2D eigenvalue weighted by Crippen LogP contribution is 2.34. The van der Waals surface area contributed by atoms with E-state index < -0.39 is 11.9 Å². The molecular weight excluding hydrogens is 206 g/mol. The number of hydrogen-bond acceptors (Lipinski definition) is 3. The Hall–Kier alpha value is -2.10. The number of aliphatic carboxylic acids is 1. The summed E-state index contributed by atoms with van der Waals surface area (Å²) in [6, 6.07) is 7.09. The summed E-state index contributed by atoms with van der Waals surface area (Å²) in [7, 11) is 0. The van der Waals surface area contributed by atoms with E-state index in [2.05, 4.69) is 5.32 Å². The van der Waals surface area contributed by atoms with E-state index in [1.165, 1.54) is 13.1 Å². The predicted molar refractivity (Wildman–Crippen MR) is 59.2 cm³/mol. The molecule has 0 aliphatic carbocycles. The molecule has 0 bridgehead atoms. The van der Waals surface area contributed by atoms with Gasteiger partial charge in [0.05, 0.1) is 0 Å². The second-order valence-electron chi connectivity index (χ2n) is 3.66. The van der Waals surface area contributed by atoms with Crippen LogP contribution >= 0.6 is 0 Å². The van der Waals surface area contributed by atoms with Crippen LogP contribution in [0.15, 0.2) is 36.0 Å². The topological polar surface area (TPSA) is 66.4 Å². The molecule has 0 amide bonds. The van der Waals surface area contributed by atoms with Crippen LogP contribution in [0, 0.1) is 0 Å². The van der Waals surface area contributed by atoms with Gasteiger partial charge in [0.15, 0.2) is 5.78 Å². The minimum atomic E-state index is -1.00. The molecule has 4 heteroatoms. The first kappa shape index (κ1) is 10.4. The summed E-state index contributed by atoms with van der Waals surface area (Å²) in [5.74, 6) is -2.10. The van der Waals surface area contributed by atoms with Crippen LogP contribution in [0.3, 0.4) is 0 Å². The van der Waals surface area contributed by atoms with Gasteiger partial charge >= 0.3 is 5.97 Å². The van der Waals surface area contributed by atoms with Crippen molar-refractivity contribution in [3.63, 3.8) is 0 Å². The Morgan fingerprint density at radius 1 is 1.31 bits per heavy atom. The van der Waals surface area contributed by atoms with Gasteiger partial charge in [-0.05, 0) is 18.6 Å². The summed E-state index contributed by atoms with van der Waals surface area (Å²) >= 11 is 0. The molecule has 0 fully saturated rings. The maximum atomic E-state index is 11.4. The monoisotopic (exact) mass is 217 g/mol. The van der Waals surface area contributed by atoms with Crippen molar-refractivity contribution >= 4 is 17.4 Å². The molecule has 0 aromatic heterocycles. The lowest BCUT2D eigenvalue weighted by Gasteiger charge is -2.23. The molecule has 1 aliphatic heterocycles. The average Bonchev–Trinajstić information content (AvgIpc) is 2.27. The van der Waals surface area contributed by atoms with Crippen molar-refractivity contribution < 1.29 is 14.7 Å². The van der Waals surface area contributed by atoms with Crippen molar-refractivity contribution in [2.75, 3.05) is 5.32 Å². The highest BCUT2D eigenvalue weighted by Gasteiger charge is 2.31. The van der Waals surface area contributed by atoms with Crippen molar-refractivity contribution in [1.82, 2.24) is 0 Å². The molecule has 1 atom stereocenters. The number of carboxylic acid groups (broad SMARTS) is 1. The standard InChI is InChI=1S/C12H11NO3/c1-7(14)9-6-13-10-5-3-2-4-8(10)11(9)12(15)16/h2-6,11,13H,1H3,(H,15,16). The third-order valence-electron chi connectivity index (χ3n) is 2.62. The molecule has 0 spiro atoms. The molecule has 1 heterocycles. The lowest BCUT2D eigenvalue weighted by atomic mass is 9.86. The second kappa shape index (κ2) is 3.81. The summed E-state index contributed by atoms with van der Waals surface area (Å²) in [6.45, 7) is 1.37. The van der Waals surface area contributed by atoms with Crippen LogP contribution in [0.25, 0.3) is 0 Å². The number of anilines is 1. The lowest BCUT2D eigenvalue weighted by Crippen LogP contribution is -2.23. The fourth-order valence-electron chi connectivity index (χ4n) is 1.86. The number of carboxylic acids is 1. The molecule has 1 aromatic rings. The number of carbonyl (C=O) groups is 2. The molecule has 1 unspecified atom stereocenters. The van der Waals surface area contributed by atoms with E-state index in [4.69, 9.17) is 0 Å². The van der Waals surface area contributed by atoms with Crippen LogP contribution in [-0.2, 0) is 9.59 Å². The number of Topliss-reactive ketones (excluding diaryl/α,β-unsaturated/α-hetero) is 1. The molecule has 0 saturated heterocycles. The van der Waals surface area contributed by atoms with Crippen molar-refractivity contribution in [2.45, 2.75) is 12.8 Å². The molecule has 1 aromatic carbocycles. The number of carbonyl (C=O) groups excluding carboxylic acids is 1. The number of nitrogens with one attached hydrogen (secondary N) is 1. The molecule has 2 N–H and O–H groups in total. The first-order valence-electron chi connectivity index (χ1n) is 4.90. The van der Waals surface area contributed by atoms with Crippen LogP contribution in [0.1, 0.15) is 18.4 Å². The van der Waals surface area contributed by atoms with Gasteiger partial charge in [0, 0.05) is 17.5 Å². The number of hydrogen-bond donors (Lipinski definition) is 2. The maximum absolute atomic E-state index is 11.4. The van der Waals surface area contributed by atoms with E-state index in [0.717, 1.165) is 5.69 Å². The molecule has 16 heavy (non-hydrogen) atoms. The Morgan fingerprint density at radius 2 is 2.00 bits per heavy atom. The third-order valence-corrected chi connectivity index (χ3v) is 2.62. The van der Waals surface area contributed by atoms with Gasteiger partial charge in [0.25, 0.3) is 0 Å². The van der Waals surface area contributed by atoms with Gasteiger partial charge in [-0.15, -0.1) is 0 Å². The highest BCUT2D eigenvalue weighted by atomic mass is 16.4. The summed E-state index contributed by atoms with van der Waals surface area (Å²) < 4.78 is 0. The summed E-state index contributed by atoms with van der Waals surface area (Å²) in [5.41, 5.74) is 1.65.